The molecule has 1 heterocycles. The van der Waals surface area contributed by atoms with Crippen LogP contribution in [-0.4, -0.2) is 36.5 Å². The van der Waals surface area contributed by atoms with Gasteiger partial charge in [-0.2, -0.15) is 0 Å². The summed E-state index contributed by atoms with van der Waals surface area (Å²) in [5, 5.41) is 0. The van der Waals surface area contributed by atoms with Crippen LogP contribution in [0.15, 0.2) is 0 Å². The zero-order valence-corrected chi connectivity index (χ0v) is 8.36. The molecule has 1 saturated carbocycles. The second-order valence-electron chi connectivity index (χ2n) is 3.98. The van der Waals surface area contributed by atoms with E-state index in [1.165, 1.54) is 7.11 Å². The van der Waals surface area contributed by atoms with Crippen LogP contribution in [0.1, 0.15) is 25.7 Å². The first kappa shape index (κ1) is 9.49. The molecule has 0 aromatic carbocycles. The normalized spacial score (nSPS) is 31.5. The minimum absolute atomic E-state index is 0.0860. The highest BCUT2D eigenvalue weighted by molar-refractivity contribution is 5.85. The molecule has 14 heavy (non-hydrogen) atoms. The maximum absolute atomic E-state index is 11.6. The van der Waals surface area contributed by atoms with Crippen LogP contribution >= 0.6 is 0 Å². The average molecular weight is 197 g/mol. The van der Waals surface area contributed by atoms with E-state index in [-0.39, 0.29) is 18.1 Å². The highest BCUT2D eigenvalue weighted by Crippen LogP contribution is 2.34. The maximum Gasteiger partial charge on any atom is 0.409 e. The van der Waals surface area contributed by atoms with Crippen molar-refractivity contribution in [2.45, 2.75) is 31.7 Å². The van der Waals surface area contributed by atoms with Crippen molar-refractivity contribution in [2.75, 3.05) is 13.7 Å². The number of hydrogen-bond acceptors (Lipinski definition) is 3. The molecule has 4 heteroatoms. The van der Waals surface area contributed by atoms with Crippen molar-refractivity contribution < 1.29 is 14.3 Å². The number of ketones is 1. The average Bonchev–Trinajstić information content (AvgIpc) is 2.67. The first-order valence-electron chi connectivity index (χ1n) is 5.11. The number of rotatable bonds is 0. The van der Waals surface area contributed by atoms with Crippen LogP contribution in [0, 0.1) is 5.92 Å². The quantitative estimate of drug-likeness (QED) is 0.586. The Labute approximate surface area is 83.2 Å². The van der Waals surface area contributed by atoms with Crippen LogP contribution in [0.3, 0.4) is 0 Å². The molecule has 2 atom stereocenters. The van der Waals surface area contributed by atoms with Crippen molar-refractivity contribution in [1.82, 2.24) is 4.90 Å². The number of Topliss-reactive ketones (excluding diaryl/α,β-unsaturated/α-hetero) is 1. The Morgan fingerprint density at radius 1 is 1.50 bits per heavy atom. The van der Waals surface area contributed by atoms with Gasteiger partial charge in [-0.25, -0.2) is 4.79 Å². The second kappa shape index (κ2) is 3.59. The van der Waals surface area contributed by atoms with E-state index in [1.54, 1.807) is 4.90 Å². The number of methoxy groups -OCH3 is 1. The predicted octanol–water partition coefficient (Wildman–Crippen LogP) is 1.20. The van der Waals surface area contributed by atoms with Crippen molar-refractivity contribution in [3.8, 4) is 0 Å². The number of amides is 1. The van der Waals surface area contributed by atoms with Gasteiger partial charge in [0.1, 0.15) is 5.78 Å². The van der Waals surface area contributed by atoms with Crippen LogP contribution in [0.4, 0.5) is 4.79 Å². The molecular formula is C10H15NO3. The predicted molar refractivity (Wildman–Crippen MR) is 49.9 cm³/mol. The number of carbonyl (C=O) groups excluding carboxylic acids is 2. The molecule has 2 fully saturated rings. The lowest BCUT2D eigenvalue weighted by molar-refractivity contribution is -0.127. The molecule has 1 saturated heterocycles. The lowest BCUT2D eigenvalue weighted by Crippen LogP contribution is -2.49. The van der Waals surface area contributed by atoms with Crippen molar-refractivity contribution in [3.05, 3.63) is 0 Å². The van der Waals surface area contributed by atoms with Gasteiger partial charge in [-0.3, -0.25) is 4.79 Å². The molecule has 4 nitrogen and oxygen atoms in total. The van der Waals surface area contributed by atoms with Gasteiger partial charge in [-0.15, -0.1) is 0 Å². The van der Waals surface area contributed by atoms with Gasteiger partial charge in [0.15, 0.2) is 0 Å². The molecule has 0 radical (unpaired) electrons. The summed E-state index contributed by atoms with van der Waals surface area (Å²) in [7, 11) is 1.39. The molecular weight excluding hydrogens is 182 g/mol. The van der Waals surface area contributed by atoms with E-state index < -0.39 is 0 Å². The molecule has 2 rings (SSSR count). The van der Waals surface area contributed by atoms with Gasteiger partial charge >= 0.3 is 6.09 Å². The van der Waals surface area contributed by atoms with Gasteiger partial charge < -0.3 is 9.64 Å². The van der Waals surface area contributed by atoms with Crippen LogP contribution in [-0.2, 0) is 9.53 Å². The van der Waals surface area contributed by atoms with E-state index >= 15 is 0 Å². The summed E-state index contributed by atoms with van der Waals surface area (Å²) in [6, 6.07) is 0.115. The molecule has 2 aliphatic rings. The Balaban J connectivity index is 2.13. The zero-order chi connectivity index (χ0) is 10.1. The third-order valence-corrected chi connectivity index (χ3v) is 3.30. The summed E-state index contributed by atoms with van der Waals surface area (Å²) in [6.07, 6.45) is 3.15. The fourth-order valence-corrected chi connectivity index (χ4v) is 2.61. The fraction of sp³-hybridized carbons (Fsp3) is 0.800. The van der Waals surface area contributed by atoms with Crippen LogP contribution in [0.5, 0.6) is 0 Å². The summed E-state index contributed by atoms with van der Waals surface area (Å²) in [5.74, 6) is 0.413. The first-order valence-corrected chi connectivity index (χ1v) is 5.11. The molecule has 78 valence electrons. The number of likely N-dealkylation sites (tertiary alicyclic amines) is 1. The Bertz CT molecular complexity index is 264. The smallest absolute Gasteiger partial charge is 0.409 e. The molecule has 1 amide bonds. The van der Waals surface area contributed by atoms with Gasteiger partial charge in [0.2, 0.25) is 0 Å². The number of hydrogen-bond donors (Lipinski definition) is 0. The van der Waals surface area contributed by atoms with Crippen molar-refractivity contribution in [2.24, 2.45) is 5.92 Å². The lowest BCUT2D eigenvalue weighted by Gasteiger charge is -2.35. The molecule has 0 bridgehead atoms. The van der Waals surface area contributed by atoms with Gasteiger partial charge in [0.05, 0.1) is 7.11 Å². The summed E-state index contributed by atoms with van der Waals surface area (Å²) in [4.78, 5) is 24.7. The minimum atomic E-state index is -0.283. The van der Waals surface area contributed by atoms with Gasteiger partial charge in [0.25, 0.3) is 0 Å². The van der Waals surface area contributed by atoms with E-state index in [2.05, 4.69) is 0 Å². The van der Waals surface area contributed by atoms with Crippen molar-refractivity contribution in [1.29, 1.82) is 0 Å². The molecule has 0 aromatic rings. The van der Waals surface area contributed by atoms with E-state index in [0.717, 1.165) is 19.3 Å². The lowest BCUT2D eigenvalue weighted by atomic mass is 9.91. The second-order valence-corrected chi connectivity index (χ2v) is 3.98. The number of nitrogens with zero attached hydrogens (tertiary/aromatic N) is 1. The molecule has 0 unspecified atom stereocenters. The monoisotopic (exact) mass is 197 g/mol. The third kappa shape index (κ3) is 1.38. The van der Waals surface area contributed by atoms with E-state index in [0.29, 0.717) is 18.7 Å². The van der Waals surface area contributed by atoms with Gasteiger partial charge in [-0.05, 0) is 12.8 Å². The standard InChI is InChI=1S/C10H15NO3/c1-14-10(13)11-6-5-9(12)7-3-2-4-8(7)11/h7-8H,2-6H2,1H3/t7-,8+/m1/s1. The number of fused-ring (bicyclic) bond motifs is 1. The van der Waals surface area contributed by atoms with Crippen LogP contribution in [0.25, 0.3) is 0 Å². The van der Waals surface area contributed by atoms with E-state index in [1.807, 2.05) is 0 Å². The topological polar surface area (TPSA) is 46.6 Å². The van der Waals surface area contributed by atoms with Crippen molar-refractivity contribution in [3.63, 3.8) is 0 Å². The summed E-state index contributed by atoms with van der Waals surface area (Å²) < 4.78 is 4.71. The summed E-state index contributed by atoms with van der Waals surface area (Å²) in [5.41, 5.74) is 0. The molecule has 0 spiro atoms. The number of piperidine rings is 1. The Morgan fingerprint density at radius 2 is 2.29 bits per heavy atom. The number of ether oxygens (including phenoxy) is 1. The van der Waals surface area contributed by atoms with Gasteiger partial charge in [0, 0.05) is 24.9 Å². The van der Waals surface area contributed by atoms with Crippen LogP contribution < -0.4 is 0 Å². The van der Waals surface area contributed by atoms with Gasteiger partial charge in [-0.1, -0.05) is 6.42 Å². The minimum Gasteiger partial charge on any atom is -0.453 e. The van der Waals surface area contributed by atoms with E-state index in [9.17, 15) is 9.59 Å². The number of carbonyl (C=O) groups is 2. The first-order chi connectivity index (χ1) is 6.74. The van der Waals surface area contributed by atoms with Crippen LogP contribution in [0.2, 0.25) is 0 Å². The molecule has 1 aliphatic heterocycles. The Hall–Kier alpha value is -1.06. The third-order valence-electron chi connectivity index (χ3n) is 3.30. The summed E-state index contributed by atoms with van der Waals surface area (Å²) in [6.45, 7) is 0.534. The fourth-order valence-electron chi connectivity index (χ4n) is 2.61. The molecule has 1 aliphatic carbocycles. The van der Waals surface area contributed by atoms with E-state index in [4.69, 9.17) is 4.74 Å². The SMILES string of the molecule is COC(=O)N1CCC(=O)[C@@H]2CCC[C@@H]21. The zero-order valence-electron chi connectivity index (χ0n) is 8.36. The highest BCUT2D eigenvalue weighted by atomic mass is 16.5. The molecule has 0 N–H and O–H groups in total. The highest BCUT2D eigenvalue weighted by Gasteiger charge is 2.42. The Morgan fingerprint density at radius 3 is 3.00 bits per heavy atom. The summed E-state index contributed by atoms with van der Waals surface area (Å²) >= 11 is 0. The molecule has 0 aromatic heterocycles. The van der Waals surface area contributed by atoms with Crippen molar-refractivity contribution >= 4 is 11.9 Å². The maximum atomic E-state index is 11.6. The Kier molecular flexibility index (Phi) is 2.44. The largest absolute Gasteiger partial charge is 0.453 e.